The van der Waals surface area contributed by atoms with Gasteiger partial charge < -0.3 is 10.2 Å². The standard InChI is InChI=1S/C11H11ClN2O3/c1-6(15)11(7(2)16)14-13-9-5-8(12)3-4-10(9)17/h3-5,15,17H,1-2H3. The second kappa shape index (κ2) is 5.45. The number of nitrogens with zero attached hydrogens (tertiary/aromatic N) is 2. The molecular weight excluding hydrogens is 244 g/mol. The number of carbonyl (C=O) groups excluding carboxylic acids is 1. The molecule has 90 valence electrons. The number of carbonyl (C=O) groups is 1. The summed E-state index contributed by atoms with van der Waals surface area (Å²) < 4.78 is 0. The fourth-order valence-corrected chi connectivity index (χ4v) is 1.24. The zero-order valence-electron chi connectivity index (χ0n) is 9.31. The monoisotopic (exact) mass is 254 g/mol. The van der Waals surface area contributed by atoms with Gasteiger partial charge in [-0.05, 0) is 25.1 Å². The highest BCUT2D eigenvalue weighted by Crippen LogP contribution is 2.30. The number of Topliss-reactive ketones (excluding diaryl/α,β-unsaturated/α-hetero) is 1. The zero-order valence-corrected chi connectivity index (χ0v) is 10.1. The number of azo groups is 1. The number of benzene rings is 1. The molecule has 0 fully saturated rings. The Hall–Kier alpha value is -1.88. The van der Waals surface area contributed by atoms with Crippen LogP contribution in [0.5, 0.6) is 5.75 Å². The lowest BCUT2D eigenvalue weighted by molar-refractivity contribution is -0.113. The number of allylic oxidation sites excluding steroid dienone is 2. The van der Waals surface area contributed by atoms with Gasteiger partial charge >= 0.3 is 0 Å². The highest BCUT2D eigenvalue weighted by molar-refractivity contribution is 6.30. The van der Waals surface area contributed by atoms with Crippen molar-refractivity contribution in [3.63, 3.8) is 0 Å². The summed E-state index contributed by atoms with van der Waals surface area (Å²) >= 11 is 5.72. The number of halogens is 1. The molecule has 0 amide bonds. The van der Waals surface area contributed by atoms with Gasteiger partial charge in [-0.2, -0.15) is 0 Å². The van der Waals surface area contributed by atoms with Crippen molar-refractivity contribution in [2.75, 3.05) is 0 Å². The van der Waals surface area contributed by atoms with Gasteiger partial charge in [0.25, 0.3) is 0 Å². The average molecular weight is 255 g/mol. The highest BCUT2D eigenvalue weighted by atomic mass is 35.5. The Morgan fingerprint density at radius 2 is 2.00 bits per heavy atom. The fourth-order valence-electron chi connectivity index (χ4n) is 1.08. The molecule has 0 heterocycles. The molecule has 0 aliphatic carbocycles. The molecule has 0 saturated heterocycles. The first-order valence-electron chi connectivity index (χ1n) is 4.73. The summed E-state index contributed by atoms with van der Waals surface area (Å²) in [7, 11) is 0. The van der Waals surface area contributed by atoms with Gasteiger partial charge in [0.1, 0.15) is 17.2 Å². The molecule has 1 aromatic rings. The van der Waals surface area contributed by atoms with Gasteiger partial charge in [0.05, 0.1) is 0 Å². The maximum atomic E-state index is 11.1. The Labute approximate surface area is 103 Å². The molecule has 0 aliphatic heterocycles. The van der Waals surface area contributed by atoms with E-state index in [2.05, 4.69) is 10.2 Å². The van der Waals surface area contributed by atoms with E-state index in [1.54, 1.807) is 0 Å². The van der Waals surface area contributed by atoms with Crippen LogP contribution in [0.15, 0.2) is 39.9 Å². The Bertz CT molecular complexity index is 505. The fraction of sp³-hybridized carbons (Fsp3) is 0.182. The number of phenolic OH excluding ortho intramolecular Hbond substituents is 1. The average Bonchev–Trinajstić information content (AvgIpc) is 2.22. The molecule has 0 spiro atoms. The first-order valence-corrected chi connectivity index (χ1v) is 5.10. The van der Waals surface area contributed by atoms with Crippen LogP contribution in [0.4, 0.5) is 5.69 Å². The van der Waals surface area contributed by atoms with Gasteiger partial charge in [0.15, 0.2) is 11.5 Å². The molecule has 1 aromatic carbocycles. The van der Waals surface area contributed by atoms with Crippen molar-refractivity contribution < 1.29 is 15.0 Å². The third-order valence-corrected chi connectivity index (χ3v) is 2.11. The Balaban J connectivity index is 3.09. The van der Waals surface area contributed by atoms with E-state index in [0.717, 1.165) is 0 Å². The molecular formula is C11H11ClN2O3. The van der Waals surface area contributed by atoms with Crippen molar-refractivity contribution in [1.82, 2.24) is 0 Å². The lowest BCUT2D eigenvalue weighted by atomic mass is 10.3. The molecule has 0 atom stereocenters. The number of hydrogen-bond acceptors (Lipinski definition) is 5. The summed E-state index contributed by atoms with van der Waals surface area (Å²) in [5, 5.41) is 26.3. The van der Waals surface area contributed by atoms with E-state index in [4.69, 9.17) is 11.6 Å². The maximum absolute atomic E-state index is 11.1. The number of aliphatic hydroxyl groups is 1. The molecule has 2 N–H and O–H groups in total. The van der Waals surface area contributed by atoms with Crippen molar-refractivity contribution in [1.29, 1.82) is 0 Å². The van der Waals surface area contributed by atoms with E-state index < -0.39 is 5.78 Å². The molecule has 0 aromatic heterocycles. The summed E-state index contributed by atoms with van der Waals surface area (Å²) in [5.41, 5.74) is -0.0399. The molecule has 0 unspecified atom stereocenters. The van der Waals surface area contributed by atoms with Crippen LogP contribution in [0.3, 0.4) is 0 Å². The van der Waals surface area contributed by atoms with Crippen LogP contribution in [0.2, 0.25) is 5.02 Å². The number of rotatable bonds is 3. The molecule has 0 radical (unpaired) electrons. The molecule has 0 bridgehead atoms. The Morgan fingerprint density at radius 3 is 2.53 bits per heavy atom. The van der Waals surface area contributed by atoms with Crippen molar-refractivity contribution in [2.45, 2.75) is 13.8 Å². The SMILES string of the molecule is CC(=O)C(N=Nc1cc(Cl)ccc1O)=C(C)O. The predicted octanol–water partition coefficient (Wildman–Crippen LogP) is 3.51. The third-order valence-electron chi connectivity index (χ3n) is 1.87. The minimum atomic E-state index is -0.421. The second-order valence-electron chi connectivity index (χ2n) is 3.32. The zero-order chi connectivity index (χ0) is 13.0. The second-order valence-corrected chi connectivity index (χ2v) is 3.76. The highest BCUT2D eigenvalue weighted by Gasteiger charge is 2.07. The van der Waals surface area contributed by atoms with Crippen LogP contribution >= 0.6 is 11.6 Å². The summed E-state index contributed by atoms with van der Waals surface area (Å²) in [4.78, 5) is 11.1. The minimum Gasteiger partial charge on any atom is -0.510 e. The number of phenols is 1. The van der Waals surface area contributed by atoms with Crippen molar-refractivity contribution in [3.05, 3.63) is 34.7 Å². The number of aliphatic hydroxyl groups excluding tert-OH is 1. The minimum absolute atomic E-state index is 0.114. The molecule has 1 rings (SSSR count). The van der Waals surface area contributed by atoms with Crippen LogP contribution < -0.4 is 0 Å². The van der Waals surface area contributed by atoms with E-state index in [-0.39, 0.29) is 22.9 Å². The molecule has 0 aliphatic rings. The number of hydrogen-bond donors (Lipinski definition) is 2. The smallest absolute Gasteiger partial charge is 0.183 e. The maximum Gasteiger partial charge on any atom is 0.183 e. The topological polar surface area (TPSA) is 82.2 Å². The van der Waals surface area contributed by atoms with Crippen molar-refractivity contribution >= 4 is 23.1 Å². The van der Waals surface area contributed by atoms with E-state index in [0.29, 0.717) is 5.02 Å². The lowest BCUT2D eigenvalue weighted by Gasteiger charge is -1.99. The molecule has 17 heavy (non-hydrogen) atoms. The largest absolute Gasteiger partial charge is 0.510 e. The van der Waals surface area contributed by atoms with Crippen molar-refractivity contribution in [2.24, 2.45) is 10.2 Å². The van der Waals surface area contributed by atoms with E-state index in [9.17, 15) is 15.0 Å². The van der Waals surface area contributed by atoms with Gasteiger partial charge in [-0.15, -0.1) is 10.2 Å². The Kier molecular flexibility index (Phi) is 4.23. The molecule has 6 heteroatoms. The van der Waals surface area contributed by atoms with Gasteiger partial charge in [-0.3, -0.25) is 4.79 Å². The van der Waals surface area contributed by atoms with Crippen LogP contribution in [-0.4, -0.2) is 16.0 Å². The van der Waals surface area contributed by atoms with E-state index in [1.807, 2.05) is 0 Å². The van der Waals surface area contributed by atoms with Gasteiger partial charge in [-0.25, -0.2) is 0 Å². The van der Waals surface area contributed by atoms with Crippen LogP contribution in [0, 0.1) is 0 Å². The van der Waals surface area contributed by atoms with Gasteiger partial charge in [0.2, 0.25) is 0 Å². The quantitative estimate of drug-likeness (QED) is 0.492. The first-order chi connectivity index (χ1) is 7.91. The van der Waals surface area contributed by atoms with Gasteiger partial charge in [0, 0.05) is 11.9 Å². The Morgan fingerprint density at radius 1 is 1.35 bits per heavy atom. The summed E-state index contributed by atoms with van der Waals surface area (Å²) in [6, 6.07) is 4.25. The number of aromatic hydroxyl groups is 1. The summed E-state index contributed by atoms with van der Waals surface area (Å²) in [5.74, 6) is -0.769. The first kappa shape index (κ1) is 13.2. The normalized spacial score (nSPS) is 12.6. The van der Waals surface area contributed by atoms with E-state index >= 15 is 0 Å². The van der Waals surface area contributed by atoms with Crippen LogP contribution in [-0.2, 0) is 4.79 Å². The number of ketones is 1. The van der Waals surface area contributed by atoms with Gasteiger partial charge in [-0.1, -0.05) is 11.6 Å². The molecule has 5 nitrogen and oxygen atoms in total. The lowest BCUT2D eigenvalue weighted by Crippen LogP contribution is -1.96. The summed E-state index contributed by atoms with van der Waals surface area (Å²) in [6.45, 7) is 2.58. The predicted molar refractivity (Wildman–Crippen MR) is 63.6 cm³/mol. The summed E-state index contributed by atoms with van der Waals surface area (Å²) in [6.07, 6.45) is 0. The van der Waals surface area contributed by atoms with E-state index in [1.165, 1.54) is 32.0 Å². The third kappa shape index (κ3) is 3.57. The van der Waals surface area contributed by atoms with Crippen LogP contribution in [0.25, 0.3) is 0 Å². The molecule has 0 saturated carbocycles. The van der Waals surface area contributed by atoms with Crippen molar-refractivity contribution in [3.8, 4) is 5.75 Å². The van der Waals surface area contributed by atoms with Crippen LogP contribution in [0.1, 0.15) is 13.8 Å².